The van der Waals surface area contributed by atoms with E-state index in [4.69, 9.17) is 0 Å². The molecule has 0 radical (unpaired) electrons. The van der Waals surface area contributed by atoms with Gasteiger partial charge in [-0.05, 0) is 35.9 Å². The van der Waals surface area contributed by atoms with Crippen LogP contribution in [0.5, 0.6) is 0 Å². The number of carbonyl (C=O) groups is 1. The van der Waals surface area contributed by atoms with Crippen LogP contribution >= 0.6 is 11.3 Å². The molecule has 3 aromatic heterocycles. The Morgan fingerprint density at radius 2 is 2.10 bits per heavy atom. The van der Waals surface area contributed by atoms with Crippen LogP contribution in [0.2, 0.25) is 0 Å². The Hall–Kier alpha value is -3.13. The molecule has 29 heavy (non-hydrogen) atoms. The molecule has 1 aliphatic rings. The van der Waals surface area contributed by atoms with Crippen LogP contribution in [0, 0.1) is 0 Å². The predicted octanol–water partition coefficient (Wildman–Crippen LogP) is 2.95. The Labute approximate surface area is 171 Å². The van der Waals surface area contributed by atoms with E-state index in [1.165, 1.54) is 4.68 Å². The van der Waals surface area contributed by atoms with Gasteiger partial charge in [0.1, 0.15) is 0 Å². The fourth-order valence-electron chi connectivity index (χ4n) is 3.62. The normalized spacial score (nSPS) is 13.8. The topological polar surface area (TPSA) is 84.7 Å². The maximum Gasteiger partial charge on any atom is 0.346 e. The number of amides is 1. The van der Waals surface area contributed by atoms with Gasteiger partial charge < -0.3 is 10.3 Å². The molecule has 0 saturated heterocycles. The lowest BCUT2D eigenvalue weighted by atomic mass is 10.1. The Kier molecular flexibility index (Phi) is 4.55. The quantitative estimate of drug-likeness (QED) is 0.494. The summed E-state index contributed by atoms with van der Waals surface area (Å²) in [5, 5.41) is 10.5. The lowest BCUT2D eigenvalue weighted by Crippen LogP contribution is -2.32. The second-order valence-electron chi connectivity index (χ2n) is 7.29. The maximum absolute atomic E-state index is 12.8. The Balaban J connectivity index is 1.25. The van der Waals surface area contributed by atoms with Crippen LogP contribution in [0.3, 0.4) is 0 Å². The molecule has 5 rings (SSSR count). The summed E-state index contributed by atoms with van der Waals surface area (Å²) in [7, 11) is 0. The molecule has 0 atom stereocenters. The molecule has 1 fully saturated rings. The highest BCUT2D eigenvalue weighted by Gasteiger charge is 2.30. The van der Waals surface area contributed by atoms with Gasteiger partial charge in [-0.3, -0.25) is 9.36 Å². The molecule has 0 unspecified atom stereocenters. The van der Waals surface area contributed by atoms with E-state index in [0.717, 1.165) is 40.0 Å². The van der Waals surface area contributed by atoms with Crippen LogP contribution in [0.1, 0.15) is 24.4 Å². The molecule has 1 amide bonds. The first kappa shape index (κ1) is 17.9. The van der Waals surface area contributed by atoms with Crippen molar-refractivity contribution in [1.82, 2.24) is 24.6 Å². The summed E-state index contributed by atoms with van der Waals surface area (Å²) >= 11 is 1.58. The number of para-hydroxylation sites is 1. The highest BCUT2D eigenvalue weighted by Crippen LogP contribution is 2.37. The largest absolute Gasteiger partial charge is 0.361 e. The third-order valence-electron chi connectivity index (χ3n) is 5.20. The average Bonchev–Trinajstić information content (AvgIpc) is 3.13. The number of aromatic nitrogens is 4. The maximum atomic E-state index is 12.8. The van der Waals surface area contributed by atoms with Crippen molar-refractivity contribution in [3.05, 3.63) is 64.0 Å². The minimum Gasteiger partial charge on any atom is -0.361 e. The summed E-state index contributed by atoms with van der Waals surface area (Å²) in [4.78, 5) is 29.3. The van der Waals surface area contributed by atoms with Gasteiger partial charge in [0.25, 0.3) is 0 Å². The second kappa shape index (κ2) is 7.36. The Morgan fingerprint density at radius 3 is 2.90 bits per heavy atom. The number of nitrogens with one attached hydrogen (secondary N) is 2. The van der Waals surface area contributed by atoms with E-state index in [9.17, 15) is 9.59 Å². The number of thiophene rings is 1. The van der Waals surface area contributed by atoms with E-state index >= 15 is 0 Å². The number of benzene rings is 1. The van der Waals surface area contributed by atoms with Crippen molar-refractivity contribution in [3.63, 3.8) is 0 Å². The molecule has 148 valence electrons. The van der Waals surface area contributed by atoms with Gasteiger partial charge in [0.2, 0.25) is 5.91 Å². The van der Waals surface area contributed by atoms with E-state index in [1.54, 1.807) is 15.9 Å². The van der Waals surface area contributed by atoms with Crippen molar-refractivity contribution in [2.45, 2.75) is 31.8 Å². The first-order valence-electron chi connectivity index (χ1n) is 9.75. The number of hydrogen-bond acceptors (Lipinski definition) is 4. The number of fused-ring (bicyclic) bond motifs is 1. The van der Waals surface area contributed by atoms with E-state index in [0.29, 0.717) is 19.5 Å². The van der Waals surface area contributed by atoms with Crippen molar-refractivity contribution < 1.29 is 4.79 Å². The standard InChI is InChI=1S/C21H21N5O2S/c27-19(12-14-13-23-17-5-2-1-4-16(14)17)22-9-10-25-21(28)26(15-7-8-15)20(24-25)18-6-3-11-29-18/h1-6,11,13,15,23H,7-10,12H2,(H,22,27). The average molecular weight is 407 g/mol. The van der Waals surface area contributed by atoms with Crippen LogP contribution < -0.4 is 11.0 Å². The molecular weight excluding hydrogens is 386 g/mol. The zero-order chi connectivity index (χ0) is 19.8. The third kappa shape index (κ3) is 3.51. The highest BCUT2D eigenvalue weighted by atomic mass is 32.1. The van der Waals surface area contributed by atoms with E-state index in [-0.39, 0.29) is 17.6 Å². The van der Waals surface area contributed by atoms with Crippen molar-refractivity contribution in [3.8, 4) is 10.7 Å². The van der Waals surface area contributed by atoms with Gasteiger partial charge in [-0.1, -0.05) is 24.3 Å². The summed E-state index contributed by atoms with van der Waals surface area (Å²) in [6, 6.07) is 12.1. The number of aromatic amines is 1. The molecule has 8 heteroatoms. The van der Waals surface area contributed by atoms with Crippen LogP contribution in [0.15, 0.2) is 52.8 Å². The first-order valence-corrected chi connectivity index (χ1v) is 10.6. The van der Waals surface area contributed by atoms with Gasteiger partial charge in [0.05, 0.1) is 17.8 Å². The Morgan fingerprint density at radius 1 is 1.24 bits per heavy atom. The van der Waals surface area contributed by atoms with Gasteiger partial charge in [-0.25, -0.2) is 9.48 Å². The van der Waals surface area contributed by atoms with Crippen LogP contribution in [-0.2, 0) is 17.8 Å². The fourth-order valence-corrected chi connectivity index (χ4v) is 4.32. The highest BCUT2D eigenvalue weighted by molar-refractivity contribution is 7.13. The van der Waals surface area contributed by atoms with Gasteiger partial charge >= 0.3 is 5.69 Å². The number of carbonyl (C=O) groups excluding carboxylic acids is 1. The van der Waals surface area contributed by atoms with Crippen molar-refractivity contribution in [2.24, 2.45) is 0 Å². The summed E-state index contributed by atoms with van der Waals surface area (Å²) in [5.41, 5.74) is 1.89. The monoisotopic (exact) mass is 407 g/mol. The van der Waals surface area contributed by atoms with Crippen molar-refractivity contribution in [1.29, 1.82) is 0 Å². The lowest BCUT2D eigenvalue weighted by Gasteiger charge is -2.04. The number of rotatable bonds is 7. The summed E-state index contributed by atoms with van der Waals surface area (Å²) in [6.07, 6.45) is 4.21. The van der Waals surface area contributed by atoms with Crippen LogP contribution in [-0.4, -0.2) is 31.8 Å². The zero-order valence-corrected chi connectivity index (χ0v) is 16.6. The fraction of sp³-hybridized carbons (Fsp3) is 0.286. The van der Waals surface area contributed by atoms with Gasteiger partial charge in [0, 0.05) is 29.7 Å². The zero-order valence-electron chi connectivity index (χ0n) is 15.8. The second-order valence-corrected chi connectivity index (χ2v) is 8.24. The van der Waals surface area contributed by atoms with E-state index in [2.05, 4.69) is 15.4 Å². The minimum atomic E-state index is -0.0956. The molecule has 3 heterocycles. The molecule has 1 saturated carbocycles. The summed E-state index contributed by atoms with van der Waals surface area (Å²) in [6.45, 7) is 0.725. The lowest BCUT2D eigenvalue weighted by molar-refractivity contribution is -0.120. The van der Waals surface area contributed by atoms with Crippen molar-refractivity contribution >= 4 is 28.1 Å². The number of hydrogen-bond donors (Lipinski definition) is 2. The minimum absolute atomic E-state index is 0.0668. The number of nitrogens with zero attached hydrogens (tertiary/aromatic N) is 3. The van der Waals surface area contributed by atoms with Crippen LogP contribution in [0.4, 0.5) is 0 Å². The molecular formula is C21H21N5O2S. The van der Waals surface area contributed by atoms with Gasteiger partial charge in [-0.15, -0.1) is 16.4 Å². The molecule has 2 N–H and O–H groups in total. The molecule has 4 aromatic rings. The molecule has 1 aromatic carbocycles. The predicted molar refractivity (Wildman–Crippen MR) is 113 cm³/mol. The summed E-state index contributed by atoms with van der Waals surface area (Å²) < 4.78 is 3.28. The van der Waals surface area contributed by atoms with E-state index < -0.39 is 0 Å². The first-order chi connectivity index (χ1) is 14.2. The SMILES string of the molecule is O=C(Cc1c[nH]c2ccccc12)NCCn1nc(-c2cccs2)n(C2CC2)c1=O. The molecule has 1 aliphatic carbocycles. The van der Waals surface area contributed by atoms with Gasteiger partial charge in [0.15, 0.2) is 5.82 Å². The molecule has 7 nitrogen and oxygen atoms in total. The van der Waals surface area contributed by atoms with E-state index in [1.807, 2.05) is 48.0 Å². The molecule has 0 spiro atoms. The Bertz CT molecular complexity index is 1210. The molecule has 0 bridgehead atoms. The summed E-state index contributed by atoms with van der Waals surface area (Å²) in [5.74, 6) is 0.667. The van der Waals surface area contributed by atoms with Gasteiger partial charge in [-0.2, -0.15) is 0 Å². The number of H-pyrrole nitrogens is 1. The third-order valence-corrected chi connectivity index (χ3v) is 6.06. The van der Waals surface area contributed by atoms with Crippen molar-refractivity contribution in [2.75, 3.05) is 6.54 Å². The van der Waals surface area contributed by atoms with Crippen LogP contribution in [0.25, 0.3) is 21.6 Å². The smallest absolute Gasteiger partial charge is 0.346 e. The molecule has 0 aliphatic heterocycles.